The lowest BCUT2D eigenvalue weighted by atomic mass is 10.1. The van der Waals surface area contributed by atoms with Crippen molar-refractivity contribution in [3.8, 4) is 0 Å². The van der Waals surface area contributed by atoms with E-state index in [4.69, 9.17) is 4.74 Å². The number of methoxy groups -OCH3 is 1. The van der Waals surface area contributed by atoms with Gasteiger partial charge in [0.15, 0.2) is 0 Å². The van der Waals surface area contributed by atoms with Crippen molar-refractivity contribution >= 4 is 28.6 Å². The maximum Gasteiger partial charge on any atom is 0.255 e. The normalized spacial score (nSPS) is 21.7. The molecule has 1 N–H and O–H groups in total. The molecular weight excluding hydrogens is 256 g/mol. The van der Waals surface area contributed by atoms with E-state index in [-0.39, 0.29) is 5.56 Å². The molecule has 2 unspecified atom stereocenters. The Morgan fingerprint density at radius 2 is 2.15 bits per heavy atom. The van der Waals surface area contributed by atoms with Crippen LogP contribution < -0.4 is 16.1 Å². The zero-order valence-corrected chi connectivity index (χ0v) is 10.8. The third-order valence-electron chi connectivity index (χ3n) is 3.86. The van der Waals surface area contributed by atoms with Gasteiger partial charge >= 0.3 is 0 Å². The van der Waals surface area contributed by atoms with E-state index in [1.807, 2.05) is 6.07 Å². The lowest BCUT2D eigenvalue weighted by Gasteiger charge is -2.17. The van der Waals surface area contributed by atoms with Crippen LogP contribution in [0.5, 0.6) is 0 Å². The van der Waals surface area contributed by atoms with Crippen LogP contribution in [0.3, 0.4) is 0 Å². The molecule has 5 nitrogen and oxygen atoms in total. The van der Waals surface area contributed by atoms with Gasteiger partial charge in [-0.15, -0.1) is 0 Å². The Kier molecular flexibility index (Phi) is 2.24. The van der Waals surface area contributed by atoms with Crippen LogP contribution in [0, 0.1) is 0 Å². The maximum atomic E-state index is 12.2. The molecule has 3 aromatic rings. The summed E-state index contributed by atoms with van der Waals surface area (Å²) >= 11 is 0. The van der Waals surface area contributed by atoms with Gasteiger partial charge in [0.2, 0.25) is 0 Å². The first-order valence-corrected chi connectivity index (χ1v) is 6.37. The lowest BCUT2D eigenvalue weighted by Crippen LogP contribution is -2.41. The molecule has 0 fully saturated rings. The number of fused-ring (bicyclic) bond motifs is 3. The molecule has 0 amide bonds. The standard InChI is InChI=1S/C15H12N2O3/c1-20-13-7-11-9(6-12(13)18)8-4-5-16-10-2-3-14(19)17(11)15(8)10/h2-7,12-13,18H,1H3. The number of hydrogen-bond acceptors (Lipinski definition) is 4. The predicted molar refractivity (Wildman–Crippen MR) is 75.1 cm³/mol. The molecule has 0 bridgehead atoms. The van der Waals surface area contributed by atoms with Crippen molar-refractivity contribution < 1.29 is 9.84 Å². The third-order valence-corrected chi connectivity index (χ3v) is 3.86. The largest absolute Gasteiger partial charge is 0.386 e. The smallest absolute Gasteiger partial charge is 0.255 e. The number of aliphatic hydroxyl groups excluding tert-OH is 1. The second kappa shape index (κ2) is 3.88. The minimum absolute atomic E-state index is 0.104. The van der Waals surface area contributed by atoms with Crippen molar-refractivity contribution in [2.24, 2.45) is 0 Å². The van der Waals surface area contributed by atoms with Crippen molar-refractivity contribution in [3.05, 3.63) is 45.3 Å². The lowest BCUT2D eigenvalue weighted by molar-refractivity contribution is 0.0591. The number of ether oxygens (including phenoxy) is 1. The van der Waals surface area contributed by atoms with Gasteiger partial charge in [-0.25, -0.2) is 0 Å². The molecule has 0 aliphatic heterocycles. The van der Waals surface area contributed by atoms with Gasteiger partial charge < -0.3 is 9.84 Å². The number of hydrogen-bond donors (Lipinski definition) is 1. The van der Waals surface area contributed by atoms with Crippen LogP contribution in [-0.4, -0.2) is 33.8 Å². The molecule has 100 valence electrons. The van der Waals surface area contributed by atoms with Crippen LogP contribution in [0.15, 0.2) is 29.2 Å². The van der Waals surface area contributed by atoms with Gasteiger partial charge in [-0.05, 0) is 24.3 Å². The summed E-state index contributed by atoms with van der Waals surface area (Å²) in [6.45, 7) is 0. The van der Waals surface area contributed by atoms with Crippen LogP contribution in [0.1, 0.15) is 0 Å². The van der Waals surface area contributed by atoms with Gasteiger partial charge in [0.1, 0.15) is 12.2 Å². The number of aromatic nitrogens is 2. The first-order valence-electron chi connectivity index (χ1n) is 6.37. The molecule has 2 atom stereocenters. The van der Waals surface area contributed by atoms with Gasteiger partial charge in [-0.2, -0.15) is 0 Å². The Morgan fingerprint density at radius 3 is 2.95 bits per heavy atom. The molecule has 20 heavy (non-hydrogen) atoms. The Hall–Kier alpha value is -2.24. The number of aliphatic hydroxyl groups is 1. The van der Waals surface area contributed by atoms with Crippen LogP contribution in [0.25, 0.3) is 28.6 Å². The molecule has 5 heteroatoms. The Bertz CT molecular complexity index is 990. The monoisotopic (exact) mass is 268 g/mol. The highest BCUT2D eigenvalue weighted by Gasteiger charge is 2.21. The van der Waals surface area contributed by atoms with E-state index in [0.717, 1.165) is 27.0 Å². The van der Waals surface area contributed by atoms with Crippen molar-refractivity contribution in [3.63, 3.8) is 0 Å². The maximum absolute atomic E-state index is 12.2. The summed E-state index contributed by atoms with van der Waals surface area (Å²) in [7, 11) is 1.54. The van der Waals surface area contributed by atoms with E-state index >= 15 is 0 Å². The van der Waals surface area contributed by atoms with Crippen LogP contribution in [0.2, 0.25) is 0 Å². The van der Waals surface area contributed by atoms with E-state index < -0.39 is 12.2 Å². The van der Waals surface area contributed by atoms with E-state index in [1.165, 1.54) is 13.2 Å². The predicted octanol–water partition coefficient (Wildman–Crippen LogP) is -0.764. The van der Waals surface area contributed by atoms with Crippen molar-refractivity contribution in [2.45, 2.75) is 12.2 Å². The van der Waals surface area contributed by atoms with Crippen LogP contribution in [-0.2, 0) is 4.74 Å². The molecule has 3 aromatic heterocycles. The summed E-state index contributed by atoms with van der Waals surface area (Å²) in [6, 6.07) is 5.10. The molecule has 0 saturated carbocycles. The molecule has 1 aliphatic rings. The molecule has 1 aliphatic carbocycles. The fraction of sp³-hybridized carbons (Fsp3) is 0.200. The number of pyridine rings is 2. The van der Waals surface area contributed by atoms with E-state index in [9.17, 15) is 9.90 Å². The fourth-order valence-electron chi connectivity index (χ4n) is 2.94. The zero-order chi connectivity index (χ0) is 13.9. The van der Waals surface area contributed by atoms with Crippen LogP contribution in [0.4, 0.5) is 0 Å². The third kappa shape index (κ3) is 1.33. The van der Waals surface area contributed by atoms with Crippen molar-refractivity contribution in [1.29, 1.82) is 0 Å². The second-order valence-corrected chi connectivity index (χ2v) is 4.92. The molecule has 0 radical (unpaired) electrons. The number of nitrogens with zero attached hydrogens (tertiary/aromatic N) is 2. The Labute approximate surface area is 113 Å². The van der Waals surface area contributed by atoms with Gasteiger partial charge in [-0.3, -0.25) is 14.2 Å². The molecular formula is C15H12N2O3. The van der Waals surface area contributed by atoms with E-state index in [0.29, 0.717) is 0 Å². The summed E-state index contributed by atoms with van der Waals surface area (Å²) in [5.41, 5.74) is 1.45. The summed E-state index contributed by atoms with van der Waals surface area (Å²) in [6.07, 6.45) is 4.08. The van der Waals surface area contributed by atoms with Crippen LogP contribution >= 0.6 is 0 Å². The quantitative estimate of drug-likeness (QED) is 0.630. The molecule has 0 aromatic carbocycles. The Morgan fingerprint density at radius 1 is 1.30 bits per heavy atom. The van der Waals surface area contributed by atoms with Crippen molar-refractivity contribution in [1.82, 2.24) is 9.38 Å². The minimum Gasteiger partial charge on any atom is -0.386 e. The van der Waals surface area contributed by atoms with Gasteiger partial charge in [0.05, 0.1) is 16.4 Å². The minimum atomic E-state index is -0.716. The average Bonchev–Trinajstić information content (AvgIpc) is 2.78. The fourth-order valence-corrected chi connectivity index (χ4v) is 2.94. The summed E-state index contributed by atoms with van der Waals surface area (Å²) < 4.78 is 6.88. The number of rotatable bonds is 1. The van der Waals surface area contributed by atoms with Gasteiger partial charge in [0, 0.05) is 30.0 Å². The topological polar surface area (TPSA) is 63.8 Å². The first kappa shape index (κ1) is 11.6. The summed E-state index contributed by atoms with van der Waals surface area (Å²) in [5.74, 6) is 0. The SMILES string of the molecule is COC1C=c2c(c3ccnc4ccc(=O)n2c43)=CC1O. The first-order chi connectivity index (χ1) is 9.70. The summed E-state index contributed by atoms with van der Waals surface area (Å²) in [5, 5.41) is 12.6. The average molecular weight is 268 g/mol. The highest BCUT2D eigenvalue weighted by molar-refractivity contribution is 5.94. The molecule has 0 saturated heterocycles. The van der Waals surface area contributed by atoms with E-state index in [2.05, 4.69) is 4.98 Å². The van der Waals surface area contributed by atoms with Crippen molar-refractivity contribution in [2.75, 3.05) is 7.11 Å². The van der Waals surface area contributed by atoms with E-state index in [1.54, 1.807) is 28.8 Å². The molecule has 4 rings (SSSR count). The second-order valence-electron chi connectivity index (χ2n) is 4.92. The molecule has 0 spiro atoms. The molecule has 3 heterocycles. The highest BCUT2D eigenvalue weighted by atomic mass is 16.5. The van der Waals surface area contributed by atoms with Gasteiger partial charge in [-0.1, -0.05) is 0 Å². The Balaban J connectivity index is 2.35. The highest BCUT2D eigenvalue weighted by Crippen LogP contribution is 2.14. The zero-order valence-electron chi connectivity index (χ0n) is 10.8. The summed E-state index contributed by atoms with van der Waals surface area (Å²) in [4.78, 5) is 16.5. The van der Waals surface area contributed by atoms with Gasteiger partial charge in [0.25, 0.3) is 5.56 Å².